The second-order valence-electron chi connectivity index (χ2n) is 7.57. The quantitative estimate of drug-likeness (QED) is 0.397. The minimum Gasteiger partial charge on any atom is -0.410 e. The summed E-state index contributed by atoms with van der Waals surface area (Å²) in [6, 6.07) is 10.9. The molecule has 2 rings (SSSR count). The normalized spacial score (nSPS) is 28.3. The second kappa shape index (κ2) is 8.54. The van der Waals surface area contributed by atoms with Crippen LogP contribution in [-0.4, -0.2) is 26.5 Å². The lowest BCUT2D eigenvalue weighted by Gasteiger charge is -2.50. The monoisotopic (exact) mass is 370 g/mol. The highest BCUT2D eigenvalue weighted by Gasteiger charge is 2.50. The number of hydrogen-bond donors (Lipinski definition) is 0. The summed E-state index contributed by atoms with van der Waals surface area (Å²) in [6.07, 6.45) is -0.750. The Morgan fingerprint density at radius 3 is 2.48 bits per heavy atom. The van der Waals surface area contributed by atoms with Crippen molar-refractivity contribution in [3.8, 4) is 0 Å². The Hall–Kier alpha value is -1.07. The predicted molar refractivity (Wildman–Crippen MR) is 99.1 cm³/mol. The second-order valence-corrected chi connectivity index (χ2v) is 11.4. The highest BCUT2D eigenvalue weighted by molar-refractivity contribution is 6.73. The third-order valence-corrected chi connectivity index (χ3v) is 9.69. The molecule has 5 heteroatoms. The fourth-order valence-corrected chi connectivity index (χ4v) is 8.78. The third-order valence-electron chi connectivity index (χ3n) is 5.40. The molecule has 1 nitrogen and oxygen atoms in total. The number of benzene rings is 1. The molecule has 0 aromatic heterocycles. The van der Waals surface area contributed by atoms with Gasteiger partial charge in [-0.05, 0) is 36.4 Å². The van der Waals surface area contributed by atoms with Gasteiger partial charge in [-0.3, -0.25) is 0 Å². The van der Waals surface area contributed by atoms with Crippen molar-refractivity contribution in [2.24, 2.45) is 5.92 Å². The molecule has 0 bridgehead atoms. The van der Waals surface area contributed by atoms with Crippen molar-refractivity contribution in [1.82, 2.24) is 0 Å². The summed E-state index contributed by atoms with van der Waals surface area (Å²) in [4.78, 5) is 0. The number of rotatable bonds is 8. The van der Waals surface area contributed by atoms with Crippen molar-refractivity contribution in [2.45, 2.75) is 69.4 Å². The van der Waals surface area contributed by atoms with Crippen molar-refractivity contribution >= 4 is 8.32 Å². The SMILES string of the molecule is C=CCC1(C(C)C)CCC[Si](Cc2ccccc2)(CC(F)C(F)F)O1. The Balaban J connectivity index is 2.34. The van der Waals surface area contributed by atoms with Crippen molar-refractivity contribution in [2.75, 3.05) is 0 Å². The first-order valence-electron chi connectivity index (χ1n) is 9.10. The first-order chi connectivity index (χ1) is 11.8. The van der Waals surface area contributed by atoms with E-state index < -0.39 is 26.5 Å². The van der Waals surface area contributed by atoms with Gasteiger partial charge in [-0.1, -0.05) is 56.7 Å². The lowest BCUT2D eigenvalue weighted by Crippen LogP contribution is -2.57. The molecule has 140 valence electrons. The van der Waals surface area contributed by atoms with Gasteiger partial charge in [0.15, 0.2) is 6.17 Å². The van der Waals surface area contributed by atoms with Gasteiger partial charge in [0, 0.05) is 6.04 Å². The third kappa shape index (κ3) is 4.97. The van der Waals surface area contributed by atoms with Crippen LogP contribution in [0.25, 0.3) is 0 Å². The number of alkyl halides is 3. The zero-order valence-corrected chi connectivity index (χ0v) is 16.2. The Morgan fingerprint density at radius 2 is 1.92 bits per heavy atom. The Bertz CT molecular complexity index is 551. The average Bonchev–Trinajstić information content (AvgIpc) is 2.55. The average molecular weight is 371 g/mol. The lowest BCUT2D eigenvalue weighted by molar-refractivity contribution is -0.0150. The predicted octanol–water partition coefficient (Wildman–Crippen LogP) is 6.10. The van der Waals surface area contributed by atoms with Crippen molar-refractivity contribution in [1.29, 1.82) is 0 Å². The maximum absolute atomic E-state index is 14.1. The van der Waals surface area contributed by atoms with Crippen molar-refractivity contribution in [3.05, 3.63) is 48.6 Å². The van der Waals surface area contributed by atoms with Crippen LogP contribution in [0.2, 0.25) is 12.1 Å². The highest BCUT2D eigenvalue weighted by Crippen LogP contribution is 2.44. The summed E-state index contributed by atoms with van der Waals surface area (Å²) in [5, 5.41) is 0. The largest absolute Gasteiger partial charge is 0.410 e. The maximum Gasteiger partial charge on any atom is 0.269 e. The molecule has 3 atom stereocenters. The van der Waals surface area contributed by atoms with Crippen LogP contribution in [0, 0.1) is 5.92 Å². The molecule has 25 heavy (non-hydrogen) atoms. The van der Waals surface area contributed by atoms with E-state index in [1.807, 2.05) is 36.4 Å². The Kier molecular flexibility index (Phi) is 6.91. The fourth-order valence-electron chi connectivity index (χ4n) is 4.03. The summed E-state index contributed by atoms with van der Waals surface area (Å²) in [7, 11) is -2.69. The molecule has 0 radical (unpaired) electrons. The van der Waals surface area contributed by atoms with Gasteiger partial charge in [0.2, 0.25) is 8.32 Å². The smallest absolute Gasteiger partial charge is 0.269 e. The van der Waals surface area contributed by atoms with Gasteiger partial charge in [0.1, 0.15) is 0 Å². The van der Waals surface area contributed by atoms with Gasteiger partial charge >= 0.3 is 0 Å². The van der Waals surface area contributed by atoms with E-state index in [0.29, 0.717) is 12.5 Å². The zero-order chi connectivity index (χ0) is 18.5. The molecule has 1 saturated heterocycles. The molecule has 1 aromatic rings. The fraction of sp³-hybridized carbons (Fsp3) is 0.600. The molecule has 0 aliphatic carbocycles. The van der Waals surface area contributed by atoms with Gasteiger partial charge < -0.3 is 4.43 Å². The van der Waals surface area contributed by atoms with E-state index in [9.17, 15) is 13.2 Å². The van der Waals surface area contributed by atoms with Crippen LogP contribution < -0.4 is 0 Å². The molecule has 1 fully saturated rings. The van der Waals surface area contributed by atoms with Crippen LogP contribution in [0.1, 0.15) is 38.7 Å². The molecule has 1 aromatic carbocycles. The summed E-state index contributed by atoms with van der Waals surface area (Å²) in [5.41, 5.74) is 0.650. The maximum atomic E-state index is 14.1. The topological polar surface area (TPSA) is 9.23 Å². The zero-order valence-electron chi connectivity index (χ0n) is 15.2. The molecule has 0 N–H and O–H groups in total. The first-order valence-corrected chi connectivity index (χ1v) is 11.6. The van der Waals surface area contributed by atoms with E-state index in [-0.39, 0.29) is 12.0 Å². The van der Waals surface area contributed by atoms with E-state index in [1.165, 1.54) is 0 Å². The van der Waals surface area contributed by atoms with Crippen LogP contribution in [0.4, 0.5) is 13.2 Å². The van der Waals surface area contributed by atoms with Gasteiger partial charge in [-0.2, -0.15) is 0 Å². The first kappa shape index (κ1) is 20.2. The van der Waals surface area contributed by atoms with E-state index in [1.54, 1.807) is 0 Å². The van der Waals surface area contributed by atoms with E-state index >= 15 is 0 Å². The molecule has 3 unspecified atom stereocenters. The minimum atomic E-state index is -2.95. The summed E-state index contributed by atoms with van der Waals surface area (Å²) in [5.74, 6) is 0.234. The number of halogens is 3. The molecule has 0 saturated carbocycles. The highest BCUT2D eigenvalue weighted by atomic mass is 28.4. The molecule has 1 heterocycles. The van der Waals surface area contributed by atoms with Crippen molar-refractivity contribution in [3.63, 3.8) is 0 Å². The minimum absolute atomic E-state index is 0.134. The summed E-state index contributed by atoms with van der Waals surface area (Å²) >= 11 is 0. The van der Waals surface area contributed by atoms with Crippen LogP contribution in [0.3, 0.4) is 0 Å². The lowest BCUT2D eigenvalue weighted by atomic mass is 9.83. The standard InChI is InChI=1S/C20H29F3OSi/c1-4-11-20(16(2)3)12-8-13-25(24-20,15-18(21)19(22)23)14-17-9-6-5-7-10-17/h4-7,9-10,16,18-19H,1,8,11-15H2,2-3H3. The molecule has 1 aliphatic rings. The van der Waals surface area contributed by atoms with Crippen LogP contribution in [-0.2, 0) is 10.5 Å². The molecular weight excluding hydrogens is 341 g/mol. The van der Waals surface area contributed by atoms with Crippen LogP contribution >= 0.6 is 0 Å². The summed E-state index contributed by atoms with van der Waals surface area (Å²) in [6.45, 7) is 8.03. The van der Waals surface area contributed by atoms with Gasteiger partial charge in [-0.15, -0.1) is 6.58 Å². The van der Waals surface area contributed by atoms with Crippen molar-refractivity contribution < 1.29 is 17.6 Å². The van der Waals surface area contributed by atoms with Crippen LogP contribution in [0.5, 0.6) is 0 Å². The number of hydrogen-bond acceptors (Lipinski definition) is 1. The molecular formula is C20H29F3OSi. The summed E-state index contributed by atoms with van der Waals surface area (Å²) < 4.78 is 46.7. The molecule has 0 spiro atoms. The van der Waals surface area contributed by atoms with E-state index in [2.05, 4.69) is 20.4 Å². The molecule has 0 amide bonds. The van der Waals surface area contributed by atoms with Gasteiger partial charge in [0.25, 0.3) is 6.43 Å². The Morgan fingerprint density at radius 1 is 1.24 bits per heavy atom. The molecule has 1 aliphatic heterocycles. The van der Waals surface area contributed by atoms with E-state index in [4.69, 9.17) is 4.43 Å². The van der Waals surface area contributed by atoms with Gasteiger partial charge in [-0.25, -0.2) is 13.2 Å². The van der Waals surface area contributed by atoms with Gasteiger partial charge in [0.05, 0.1) is 5.60 Å². The van der Waals surface area contributed by atoms with E-state index in [0.717, 1.165) is 24.4 Å². The van der Waals surface area contributed by atoms with Crippen LogP contribution in [0.15, 0.2) is 43.0 Å². The Labute approximate surface area is 150 Å².